The van der Waals surface area contributed by atoms with Crippen molar-refractivity contribution in [3.63, 3.8) is 0 Å². The van der Waals surface area contributed by atoms with Gasteiger partial charge in [-0.25, -0.2) is 9.59 Å². The van der Waals surface area contributed by atoms with Crippen molar-refractivity contribution in [1.29, 1.82) is 5.26 Å². The number of rotatable bonds is 6. The number of para-hydroxylation sites is 1. The van der Waals surface area contributed by atoms with Gasteiger partial charge >= 0.3 is 11.6 Å². The molecular formula is C27H19NO6. The summed E-state index contributed by atoms with van der Waals surface area (Å²) < 4.78 is 21.1. The van der Waals surface area contributed by atoms with E-state index in [-0.39, 0.29) is 17.1 Å². The van der Waals surface area contributed by atoms with Crippen LogP contribution in [-0.2, 0) is 0 Å². The number of allylic oxidation sites excluding steroid dienone is 1. The largest absolute Gasteiger partial charge is 0.497 e. The number of methoxy groups -OCH3 is 2. The first-order valence-corrected chi connectivity index (χ1v) is 10.2. The van der Waals surface area contributed by atoms with Gasteiger partial charge in [0.1, 0.15) is 16.9 Å². The van der Waals surface area contributed by atoms with Gasteiger partial charge in [-0.2, -0.15) is 5.26 Å². The van der Waals surface area contributed by atoms with Crippen LogP contribution in [-0.4, -0.2) is 20.2 Å². The third-order valence-corrected chi connectivity index (χ3v) is 5.08. The van der Waals surface area contributed by atoms with Gasteiger partial charge in [0.15, 0.2) is 11.5 Å². The van der Waals surface area contributed by atoms with Gasteiger partial charge in [-0.15, -0.1) is 0 Å². The van der Waals surface area contributed by atoms with Crippen LogP contribution in [0.2, 0.25) is 0 Å². The lowest BCUT2D eigenvalue weighted by molar-refractivity contribution is 0.0725. The lowest BCUT2D eigenvalue weighted by atomic mass is 10.0. The smallest absolute Gasteiger partial charge is 0.351 e. The normalized spacial score (nSPS) is 11.0. The fraction of sp³-hybridized carbons (Fsp3) is 0.0741. The Morgan fingerprint density at radius 2 is 1.71 bits per heavy atom. The fourth-order valence-corrected chi connectivity index (χ4v) is 3.33. The molecule has 0 amide bonds. The van der Waals surface area contributed by atoms with E-state index >= 15 is 0 Å². The first kappa shape index (κ1) is 22.4. The van der Waals surface area contributed by atoms with Crippen LogP contribution in [0.1, 0.15) is 21.5 Å². The van der Waals surface area contributed by atoms with Crippen LogP contribution in [0.25, 0.3) is 22.6 Å². The van der Waals surface area contributed by atoms with Gasteiger partial charge in [0.25, 0.3) is 0 Å². The number of carbonyl (C=O) groups excluding carboxylic acids is 1. The van der Waals surface area contributed by atoms with Crippen LogP contribution in [0.4, 0.5) is 0 Å². The van der Waals surface area contributed by atoms with Crippen molar-refractivity contribution in [1.82, 2.24) is 0 Å². The molecule has 4 rings (SSSR count). The van der Waals surface area contributed by atoms with Gasteiger partial charge in [0.2, 0.25) is 0 Å². The minimum absolute atomic E-state index is 0.125. The summed E-state index contributed by atoms with van der Waals surface area (Å²) in [6.07, 6.45) is 1.69. The van der Waals surface area contributed by atoms with Crippen molar-refractivity contribution in [3.05, 3.63) is 99.9 Å². The maximum atomic E-state index is 12.7. The van der Waals surface area contributed by atoms with Gasteiger partial charge in [-0.3, -0.25) is 0 Å². The zero-order chi connectivity index (χ0) is 24.1. The summed E-state index contributed by atoms with van der Waals surface area (Å²) >= 11 is 0. The lowest BCUT2D eigenvalue weighted by Crippen LogP contribution is -2.19. The van der Waals surface area contributed by atoms with Crippen molar-refractivity contribution in [2.45, 2.75) is 0 Å². The summed E-state index contributed by atoms with van der Waals surface area (Å²) in [6, 6.07) is 22.4. The van der Waals surface area contributed by atoms with E-state index < -0.39 is 11.6 Å². The molecular weight excluding hydrogens is 434 g/mol. The maximum Gasteiger partial charge on any atom is 0.351 e. The molecule has 0 atom stereocenters. The molecule has 7 nitrogen and oxygen atoms in total. The standard InChI is InChI=1S/C27H19NO6/c1-31-21-10-8-18(9-11-21)20(16-28)13-17-7-12-24(25(14-17)32-2)34-27(30)22-15-19-5-3-4-6-23(19)33-26(22)29/h3-15H,1-2H3/b20-13-. The van der Waals surface area contributed by atoms with Crippen molar-refractivity contribution < 1.29 is 23.4 Å². The Labute approximate surface area is 195 Å². The van der Waals surface area contributed by atoms with E-state index in [1.165, 1.54) is 19.2 Å². The maximum absolute atomic E-state index is 12.7. The fourth-order valence-electron chi connectivity index (χ4n) is 3.33. The molecule has 0 saturated heterocycles. The SMILES string of the molecule is COc1ccc(/C(C#N)=C\c2ccc(OC(=O)c3cc4ccccc4oc3=O)c(OC)c2)cc1. The topological polar surface area (TPSA) is 98.8 Å². The molecule has 0 N–H and O–H groups in total. The van der Waals surface area contributed by atoms with E-state index in [1.54, 1.807) is 73.8 Å². The Kier molecular flexibility index (Phi) is 6.42. The summed E-state index contributed by atoms with van der Waals surface area (Å²) in [6.45, 7) is 0. The number of nitrogens with zero attached hydrogens (tertiary/aromatic N) is 1. The van der Waals surface area contributed by atoms with E-state index in [4.69, 9.17) is 18.6 Å². The van der Waals surface area contributed by atoms with Gasteiger partial charge < -0.3 is 18.6 Å². The van der Waals surface area contributed by atoms with Gasteiger partial charge in [0, 0.05) is 5.39 Å². The molecule has 0 fully saturated rings. The highest BCUT2D eigenvalue weighted by Gasteiger charge is 2.18. The minimum Gasteiger partial charge on any atom is -0.497 e. The van der Waals surface area contributed by atoms with E-state index in [2.05, 4.69) is 6.07 Å². The molecule has 4 aromatic rings. The zero-order valence-corrected chi connectivity index (χ0v) is 18.4. The van der Waals surface area contributed by atoms with Crippen molar-refractivity contribution >= 4 is 28.6 Å². The molecule has 0 spiro atoms. The predicted octanol–water partition coefficient (Wildman–Crippen LogP) is 5.09. The average Bonchev–Trinajstić information content (AvgIpc) is 2.87. The molecule has 0 saturated carbocycles. The first-order chi connectivity index (χ1) is 16.5. The monoisotopic (exact) mass is 453 g/mol. The number of hydrogen-bond acceptors (Lipinski definition) is 7. The molecule has 3 aromatic carbocycles. The number of benzene rings is 3. The number of ether oxygens (including phenoxy) is 3. The molecule has 0 aliphatic heterocycles. The Hall–Kier alpha value is -4.83. The Morgan fingerprint density at radius 1 is 0.941 bits per heavy atom. The van der Waals surface area contributed by atoms with Crippen molar-refractivity contribution in [2.24, 2.45) is 0 Å². The van der Waals surface area contributed by atoms with Crippen molar-refractivity contribution in [3.8, 4) is 23.3 Å². The predicted molar refractivity (Wildman–Crippen MR) is 127 cm³/mol. The molecule has 0 aliphatic rings. The zero-order valence-electron chi connectivity index (χ0n) is 18.4. The lowest BCUT2D eigenvalue weighted by Gasteiger charge is -2.10. The molecule has 34 heavy (non-hydrogen) atoms. The van der Waals surface area contributed by atoms with Crippen LogP contribution >= 0.6 is 0 Å². The highest BCUT2D eigenvalue weighted by molar-refractivity contribution is 5.94. The molecule has 0 bridgehead atoms. The highest BCUT2D eigenvalue weighted by Crippen LogP contribution is 2.31. The van der Waals surface area contributed by atoms with E-state index in [0.717, 1.165) is 5.56 Å². The van der Waals surface area contributed by atoms with Crippen LogP contribution in [0.15, 0.2) is 82.0 Å². The molecule has 1 aromatic heterocycles. The van der Waals surface area contributed by atoms with E-state index in [0.29, 0.717) is 27.9 Å². The second-order valence-electron chi connectivity index (χ2n) is 7.18. The Balaban J connectivity index is 1.61. The highest BCUT2D eigenvalue weighted by atomic mass is 16.6. The van der Waals surface area contributed by atoms with Crippen LogP contribution in [0.5, 0.6) is 17.2 Å². The molecule has 7 heteroatoms. The quantitative estimate of drug-likeness (QED) is 0.132. The molecule has 168 valence electrons. The summed E-state index contributed by atoms with van der Waals surface area (Å²) in [5.41, 5.74) is 1.18. The van der Waals surface area contributed by atoms with Crippen molar-refractivity contribution in [2.75, 3.05) is 14.2 Å². The number of esters is 1. The van der Waals surface area contributed by atoms with E-state index in [9.17, 15) is 14.9 Å². The van der Waals surface area contributed by atoms with Crippen LogP contribution < -0.4 is 19.8 Å². The molecule has 1 heterocycles. The molecule has 0 aliphatic carbocycles. The second-order valence-corrected chi connectivity index (χ2v) is 7.18. The molecule has 0 unspecified atom stereocenters. The van der Waals surface area contributed by atoms with Crippen LogP contribution in [0.3, 0.4) is 0 Å². The first-order valence-electron chi connectivity index (χ1n) is 10.2. The summed E-state index contributed by atoms with van der Waals surface area (Å²) in [7, 11) is 3.00. The van der Waals surface area contributed by atoms with Gasteiger partial charge in [0.05, 0.1) is 25.9 Å². The molecule has 0 radical (unpaired) electrons. The number of nitriles is 1. The van der Waals surface area contributed by atoms with Gasteiger partial charge in [-0.1, -0.05) is 24.3 Å². The Morgan fingerprint density at radius 3 is 2.41 bits per heavy atom. The second kappa shape index (κ2) is 9.76. The minimum atomic E-state index is -0.864. The Bertz CT molecular complexity index is 1490. The third-order valence-electron chi connectivity index (χ3n) is 5.08. The number of fused-ring (bicyclic) bond motifs is 1. The summed E-state index contributed by atoms with van der Waals surface area (Å²) in [5.74, 6) is 0.214. The summed E-state index contributed by atoms with van der Waals surface area (Å²) in [4.78, 5) is 24.9. The summed E-state index contributed by atoms with van der Waals surface area (Å²) in [5, 5.41) is 10.2. The third kappa shape index (κ3) is 4.66. The average molecular weight is 453 g/mol. The van der Waals surface area contributed by atoms with E-state index in [1.807, 2.05) is 0 Å². The number of carbonyl (C=O) groups is 1. The van der Waals surface area contributed by atoms with Gasteiger partial charge in [-0.05, 0) is 65.7 Å². The number of hydrogen-bond donors (Lipinski definition) is 0. The van der Waals surface area contributed by atoms with Crippen LogP contribution in [0, 0.1) is 11.3 Å².